The Labute approximate surface area is 234 Å². The van der Waals surface area contributed by atoms with Crippen molar-refractivity contribution in [2.75, 3.05) is 38.6 Å². The highest BCUT2D eigenvalue weighted by Gasteiger charge is 2.32. The van der Waals surface area contributed by atoms with E-state index < -0.39 is 11.6 Å². The molecule has 0 saturated carbocycles. The predicted molar refractivity (Wildman–Crippen MR) is 154 cm³/mol. The number of benzene rings is 1. The fraction of sp³-hybridized carbons (Fsp3) is 0.433. The van der Waals surface area contributed by atoms with Gasteiger partial charge in [-0.25, -0.2) is 23.7 Å². The molecule has 1 aliphatic rings. The summed E-state index contributed by atoms with van der Waals surface area (Å²) in [7, 11) is 3.69. The van der Waals surface area contributed by atoms with E-state index in [0.29, 0.717) is 41.4 Å². The lowest BCUT2D eigenvalue weighted by molar-refractivity contribution is -0.106. The number of piperazine rings is 1. The Bertz CT molecular complexity index is 1380. The summed E-state index contributed by atoms with van der Waals surface area (Å²) in [6.45, 7) is 12.2. The number of hydrogen-bond acceptors (Lipinski definition) is 6. The zero-order valence-corrected chi connectivity index (χ0v) is 24.2. The minimum absolute atomic E-state index is 0.000852. The van der Waals surface area contributed by atoms with Gasteiger partial charge in [0.05, 0.1) is 22.6 Å². The third-order valence-electron chi connectivity index (χ3n) is 7.19. The van der Waals surface area contributed by atoms with E-state index in [2.05, 4.69) is 43.7 Å². The van der Waals surface area contributed by atoms with E-state index >= 15 is 4.39 Å². The van der Waals surface area contributed by atoms with Crippen molar-refractivity contribution in [1.82, 2.24) is 24.8 Å². The average Bonchev–Trinajstić information content (AvgIpc) is 2.92. The molecule has 212 valence electrons. The van der Waals surface area contributed by atoms with Crippen LogP contribution in [0.4, 0.5) is 20.3 Å². The first kappa shape index (κ1) is 29.2. The molecule has 1 aromatic carbocycles. The second-order valence-electron chi connectivity index (χ2n) is 10.8. The minimum atomic E-state index is -0.713. The van der Waals surface area contributed by atoms with Crippen molar-refractivity contribution in [3.05, 3.63) is 65.2 Å². The Morgan fingerprint density at radius 3 is 2.27 bits per heavy atom. The van der Waals surface area contributed by atoms with Crippen molar-refractivity contribution in [3.63, 3.8) is 0 Å². The molecule has 2 aromatic heterocycles. The maximum absolute atomic E-state index is 15.9. The maximum Gasteiger partial charge on any atom is 0.220 e. The molecule has 8 nitrogen and oxygen atoms in total. The molecule has 10 heteroatoms. The molecule has 0 spiro atoms. The Morgan fingerprint density at radius 1 is 1.07 bits per heavy atom. The molecular weight excluding hydrogens is 512 g/mol. The molecule has 40 heavy (non-hydrogen) atoms. The van der Waals surface area contributed by atoms with E-state index in [1.807, 2.05) is 27.7 Å². The number of amides is 1. The molecule has 1 unspecified atom stereocenters. The average molecular weight is 550 g/mol. The predicted octanol–water partition coefficient (Wildman–Crippen LogP) is 5.37. The van der Waals surface area contributed by atoms with Gasteiger partial charge in [-0.3, -0.25) is 14.7 Å². The Balaban J connectivity index is 2.04. The molecule has 0 radical (unpaired) electrons. The molecule has 4 rings (SSSR count). The van der Waals surface area contributed by atoms with Gasteiger partial charge in [-0.05, 0) is 44.0 Å². The highest BCUT2D eigenvalue weighted by atomic mass is 19.1. The Kier molecular flexibility index (Phi) is 8.88. The summed E-state index contributed by atoms with van der Waals surface area (Å²) in [5.41, 5.74) is 1.93. The lowest BCUT2D eigenvalue weighted by Gasteiger charge is -2.40. The van der Waals surface area contributed by atoms with Gasteiger partial charge >= 0.3 is 0 Å². The minimum Gasteiger partial charge on any atom is -0.351 e. The molecule has 1 amide bonds. The first-order valence-corrected chi connectivity index (χ1v) is 13.6. The number of pyridine rings is 1. The van der Waals surface area contributed by atoms with Crippen molar-refractivity contribution in [1.29, 1.82) is 0 Å². The number of nitrogens with zero attached hydrogens (tertiary/aromatic N) is 7. The SMILES string of the molecule is CN=C(c1cc(F)c(-c2ccccc2F)nc1N(C=O)c1c(C(C)C)ncnc1C(C)C)N1CCN(C)CC1C. The number of aliphatic imine (C=N–C) groups is 1. The summed E-state index contributed by atoms with van der Waals surface area (Å²) < 4.78 is 30.8. The van der Waals surface area contributed by atoms with E-state index in [0.717, 1.165) is 13.1 Å². The first-order valence-electron chi connectivity index (χ1n) is 13.6. The van der Waals surface area contributed by atoms with Crippen LogP contribution in [-0.2, 0) is 4.79 Å². The van der Waals surface area contributed by atoms with Crippen LogP contribution < -0.4 is 4.90 Å². The molecule has 3 heterocycles. The molecule has 0 bridgehead atoms. The van der Waals surface area contributed by atoms with Crippen LogP contribution in [0.1, 0.15) is 63.4 Å². The summed E-state index contributed by atoms with van der Waals surface area (Å²) in [5, 5.41) is 0. The number of hydrogen-bond donors (Lipinski definition) is 0. The third-order valence-corrected chi connectivity index (χ3v) is 7.19. The zero-order valence-electron chi connectivity index (χ0n) is 24.2. The number of anilines is 2. The molecule has 1 atom stereocenters. The van der Waals surface area contributed by atoms with Gasteiger partial charge in [-0.15, -0.1) is 0 Å². The highest BCUT2D eigenvalue weighted by molar-refractivity contribution is 6.06. The van der Waals surface area contributed by atoms with E-state index in [1.165, 1.54) is 35.5 Å². The van der Waals surface area contributed by atoms with Gasteiger partial charge in [0.25, 0.3) is 0 Å². The molecule has 1 fully saturated rings. The van der Waals surface area contributed by atoms with E-state index in [4.69, 9.17) is 0 Å². The topological polar surface area (TPSA) is 77.8 Å². The van der Waals surface area contributed by atoms with Crippen molar-refractivity contribution >= 4 is 23.8 Å². The van der Waals surface area contributed by atoms with Crippen LogP contribution in [0.3, 0.4) is 0 Å². The maximum atomic E-state index is 15.9. The van der Waals surface area contributed by atoms with Crippen molar-refractivity contribution < 1.29 is 13.6 Å². The molecule has 3 aromatic rings. The number of likely N-dealkylation sites (N-methyl/N-ethyl adjacent to an activating group) is 1. The van der Waals surface area contributed by atoms with Crippen LogP contribution in [0, 0.1) is 11.6 Å². The molecule has 1 saturated heterocycles. The van der Waals surface area contributed by atoms with Gasteiger partial charge in [0, 0.05) is 38.3 Å². The zero-order chi connectivity index (χ0) is 29.1. The van der Waals surface area contributed by atoms with Crippen molar-refractivity contribution in [2.24, 2.45) is 4.99 Å². The molecular formula is C30H37F2N7O. The fourth-order valence-corrected chi connectivity index (χ4v) is 5.23. The van der Waals surface area contributed by atoms with Gasteiger partial charge in [-0.1, -0.05) is 39.8 Å². The summed E-state index contributed by atoms with van der Waals surface area (Å²) in [4.78, 5) is 37.0. The van der Waals surface area contributed by atoms with Gasteiger partial charge in [0.1, 0.15) is 29.5 Å². The highest BCUT2D eigenvalue weighted by Crippen LogP contribution is 2.39. The summed E-state index contributed by atoms with van der Waals surface area (Å²) in [6.07, 6.45) is 2.14. The van der Waals surface area contributed by atoms with E-state index in [-0.39, 0.29) is 35.0 Å². The van der Waals surface area contributed by atoms with Crippen molar-refractivity contribution in [3.8, 4) is 11.3 Å². The molecule has 1 aliphatic heterocycles. The summed E-state index contributed by atoms with van der Waals surface area (Å²) >= 11 is 0. The fourth-order valence-electron chi connectivity index (χ4n) is 5.23. The quantitative estimate of drug-likeness (QED) is 0.224. The number of carbonyl (C=O) groups is 1. The normalized spacial score (nSPS) is 16.6. The first-order chi connectivity index (χ1) is 19.1. The second-order valence-corrected chi connectivity index (χ2v) is 10.8. The monoisotopic (exact) mass is 549 g/mol. The van der Waals surface area contributed by atoms with Crippen LogP contribution in [0.15, 0.2) is 41.7 Å². The third kappa shape index (κ3) is 5.58. The Hall–Kier alpha value is -3.79. The van der Waals surface area contributed by atoms with Crippen LogP contribution in [-0.4, -0.2) is 76.8 Å². The second kappa shape index (κ2) is 12.2. The van der Waals surface area contributed by atoms with Gasteiger partial charge < -0.3 is 9.80 Å². The largest absolute Gasteiger partial charge is 0.351 e. The number of halogens is 2. The molecule has 0 N–H and O–H groups in total. The van der Waals surface area contributed by atoms with Crippen LogP contribution >= 0.6 is 0 Å². The summed E-state index contributed by atoms with van der Waals surface area (Å²) in [5.74, 6) is -0.788. The van der Waals surface area contributed by atoms with Crippen LogP contribution in [0.5, 0.6) is 0 Å². The van der Waals surface area contributed by atoms with Gasteiger partial charge in [0.2, 0.25) is 6.41 Å². The lowest BCUT2D eigenvalue weighted by Crippen LogP contribution is -2.53. The summed E-state index contributed by atoms with van der Waals surface area (Å²) in [6, 6.07) is 7.26. The van der Waals surface area contributed by atoms with E-state index in [9.17, 15) is 9.18 Å². The lowest BCUT2D eigenvalue weighted by atomic mass is 10.00. The standard InChI is InChI=1S/C30H37F2N7O/c1-18(2)25-28(26(19(3)4)35-16-34-25)39(17-40)30-22(29(33-6)38-13-12-37(7)15-20(38)5)14-24(32)27(36-30)21-10-8-9-11-23(21)31/h8-11,14,16-20H,12-13,15H2,1-7H3. The van der Waals surface area contributed by atoms with Crippen LogP contribution in [0.2, 0.25) is 0 Å². The van der Waals surface area contributed by atoms with Crippen LogP contribution in [0.25, 0.3) is 11.3 Å². The van der Waals surface area contributed by atoms with Gasteiger partial charge in [-0.2, -0.15) is 0 Å². The number of rotatable bonds is 7. The van der Waals surface area contributed by atoms with Gasteiger partial charge in [0.15, 0.2) is 5.82 Å². The number of aromatic nitrogens is 3. The number of carbonyl (C=O) groups excluding carboxylic acids is 1. The van der Waals surface area contributed by atoms with Crippen molar-refractivity contribution in [2.45, 2.75) is 52.5 Å². The molecule has 0 aliphatic carbocycles. The smallest absolute Gasteiger partial charge is 0.220 e. The number of amidine groups is 1. The van der Waals surface area contributed by atoms with E-state index in [1.54, 1.807) is 13.1 Å². The Morgan fingerprint density at radius 2 is 1.73 bits per heavy atom.